The van der Waals surface area contributed by atoms with Gasteiger partial charge in [-0.2, -0.15) is 0 Å². The Hall–Kier alpha value is -2.77. The molecule has 0 saturated carbocycles. The summed E-state index contributed by atoms with van der Waals surface area (Å²) in [7, 11) is 0. The average Bonchev–Trinajstić information content (AvgIpc) is 2.50. The van der Waals surface area contributed by atoms with Crippen molar-refractivity contribution in [1.82, 2.24) is 4.90 Å². The minimum Gasteiger partial charge on any atom is -0.459 e. The average molecular weight is 379 g/mol. The number of amides is 1. The summed E-state index contributed by atoms with van der Waals surface area (Å²) in [6.45, 7) is 10.4. The second-order valence-electron chi connectivity index (χ2n) is 8.11. The van der Waals surface area contributed by atoms with Crippen LogP contribution in [0.4, 0.5) is 4.79 Å². The van der Waals surface area contributed by atoms with Gasteiger partial charge in [0.25, 0.3) is 0 Å². The highest BCUT2D eigenvalue weighted by atomic mass is 16.6. The molecule has 0 radical (unpaired) electrons. The molecule has 0 bridgehead atoms. The van der Waals surface area contributed by atoms with E-state index in [1.807, 2.05) is 0 Å². The second-order valence-corrected chi connectivity index (χ2v) is 8.11. The van der Waals surface area contributed by atoms with Crippen molar-refractivity contribution in [2.24, 2.45) is 10.9 Å². The molecule has 0 spiro atoms. The maximum atomic E-state index is 12.5. The summed E-state index contributed by atoms with van der Waals surface area (Å²) in [6.07, 6.45) is -0.617. The van der Waals surface area contributed by atoms with Crippen molar-refractivity contribution >= 4 is 17.9 Å². The van der Waals surface area contributed by atoms with E-state index in [0.29, 0.717) is 5.56 Å². The zero-order valence-electron chi connectivity index (χ0n) is 16.8. The van der Waals surface area contributed by atoms with Crippen LogP contribution in [0.5, 0.6) is 0 Å². The van der Waals surface area contributed by atoms with E-state index in [9.17, 15) is 9.59 Å². The number of hydrogen-bond donors (Lipinski definition) is 2. The highest BCUT2D eigenvalue weighted by Gasteiger charge is 2.26. The molecule has 0 atom stereocenters. The molecular weight excluding hydrogens is 350 g/mol. The SMILES string of the molecule is CC(C)(C)OC(=O)CN(Cc1ccc(/C(N)=N\O)cc1)C(=O)OC(C)(C)C. The Morgan fingerprint density at radius 2 is 1.56 bits per heavy atom. The Balaban J connectivity index is 2.96. The van der Waals surface area contributed by atoms with Crippen LogP contribution in [0, 0.1) is 0 Å². The number of oxime groups is 1. The van der Waals surface area contributed by atoms with Crippen LogP contribution in [0.25, 0.3) is 0 Å². The molecule has 1 rings (SSSR count). The van der Waals surface area contributed by atoms with Gasteiger partial charge in [0.1, 0.15) is 17.7 Å². The lowest BCUT2D eigenvalue weighted by Crippen LogP contribution is -2.41. The minimum atomic E-state index is -0.695. The van der Waals surface area contributed by atoms with Crippen molar-refractivity contribution in [2.45, 2.75) is 59.3 Å². The highest BCUT2D eigenvalue weighted by Crippen LogP contribution is 2.15. The fraction of sp³-hybridized carbons (Fsp3) is 0.526. The van der Waals surface area contributed by atoms with Crippen LogP contribution in [-0.4, -0.2) is 45.8 Å². The zero-order valence-corrected chi connectivity index (χ0v) is 16.8. The lowest BCUT2D eigenvalue weighted by molar-refractivity contribution is -0.156. The first-order valence-electron chi connectivity index (χ1n) is 8.57. The van der Waals surface area contributed by atoms with Crippen molar-refractivity contribution < 1.29 is 24.3 Å². The number of rotatable bonds is 5. The predicted octanol–water partition coefficient (Wildman–Crippen LogP) is 2.86. The molecule has 0 saturated heterocycles. The lowest BCUT2D eigenvalue weighted by atomic mass is 10.1. The van der Waals surface area contributed by atoms with E-state index in [0.717, 1.165) is 5.56 Å². The lowest BCUT2D eigenvalue weighted by Gasteiger charge is -2.28. The molecule has 1 aromatic rings. The first-order chi connectivity index (χ1) is 12.3. The molecule has 8 heteroatoms. The molecule has 0 heterocycles. The smallest absolute Gasteiger partial charge is 0.411 e. The molecule has 0 aliphatic heterocycles. The summed E-state index contributed by atoms with van der Waals surface area (Å²) in [5.74, 6) is -0.541. The maximum Gasteiger partial charge on any atom is 0.411 e. The van der Waals surface area contributed by atoms with Crippen LogP contribution in [0.3, 0.4) is 0 Å². The normalized spacial score (nSPS) is 12.4. The van der Waals surface area contributed by atoms with Crippen molar-refractivity contribution in [3.05, 3.63) is 35.4 Å². The minimum absolute atomic E-state index is 0.0145. The van der Waals surface area contributed by atoms with Gasteiger partial charge in [-0.3, -0.25) is 9.69 Å². The molecule has 1 aromatic carbocycles. The number of carbonyl (C=O) groups excluding carboxylic acids is 2. The van der Waals surface area contributed by atoms with Gasteiger partial charge in [0.2, 0.25) is 0 Å². The Morgan fingerprint density at radius 3 is 2.00 bits per heavy atom. The molecule has 27 heavy (non-hydrogen) atoms. The van der Waals surface area contributed by atoms with Crippen molar-refractivity contribution in [3.63, 3.8) is 0 Å². The van der Waals surface area contributed by atoms with Crippen LogP contribution < -0.4 is 5.73 Å². The highest BCUT2D eigenvalue weighted by molar-refractivity contribution is 5.96. The van der Waals surface area contributed by atoms with Crippen LogP contribution >= 0.6 is 0 Å². The van der Waals surface area contributed by atoms with Crippen LogP contribution in [0.15, 0.2) is 29.4 Å². The molecule has 150 valence electrons. The quantitative estimate of drug-likeness (QED) is 0.267. The van der Waals surface area contributed by atoms with E-state index in [4.69, 9.17) is 20.4 Å². The largest absolute Gasteiger partial charge is 0.459 e. The van der Waals surface area contributed by atoms with E-state index >= 15 is 0 Å². The van der Waals surface area contributed by atoms with Gasteiger partial charge in [-0.05, 0) is 47.1 Å². The predicted molar refractivity (Wildman–Crippen MR) is 101 cm³/mol. The fourth-order valence-corrected chi connectivity index (χ4v) is 2.10. The molecule has 3 N–H and O–H groups in total. The number of benzene rings is 1. The molecular formula is C19H29N3O5. The van der Waals surface area contributed by atoms with E-state index in [-0.39, 0.29) is 18.9 Å². The molecule has 0 aliphatic carbocycles. The summed E-state index contributed by atoms with van der Waals surface area (Å²) >= 11 is 0. The third-order valence-electron chi connectivity index (χ3n) is 3.12. The summed E-state index contributed by atoms with van der Waals surface area (Å²) in [5.41, 5.74) is 5.48. The first-order valence-corrected chi connectivity index (χ1v) is 8.57. The maximum absolute atomic E-state index is 12.5. The monoisotopic (exact) mass is 379 g/mol. The summed E-state index contributed by atoms with van der Waals surface area (Å²) < 4.78 is 10.7. The standard InChI is InChI=1S/C19H29N3O5/c1-18(2,3)26-15(23)12-22(17(24)27-19(4,5)6)11-13-7-9-14(10-8-13)16(20)21-25/h7-10,25H,11-12H2,1-6H3,(H2,20,21). The zero-order chi connectivity index (χ0) is 20.8. The molecule has 0 fully saturated rings. The second kappa shape index (κ2) is 8.75. The number of nitrogens with zero attached hydrogens (tertiary/aromatic N) is 2. The fourth-order valence-electron chi connectivity index (χ4n) is 2.10. The van der Waals surface area contributed by atoms with Gasteiger partial charge in [0, 0.05) is 12.1 Å². The molecule has 1 amide bonds. The van der Waals surface area contributed by atoms with Gasteiger partial charge in [-0.15, -0.1) is 0 Å². The van der Waals surface area contributed by atoms with Crippen LogP contribution in [0.2, 0.25) is 0 Å². The Morgan fingerprint density at radius 1 is 1.04 bits per heavy atom. The van der Waals surface area contributed by atoms with Crippen molar-refractivity contribution in [1.29, 1.82) is 0 Å². The third kappa shape index (κ3) is 8.44. The number of esters is 1. The summed E-state index contributed by atoms with van der Waals surface area (Å²) in [6, 6.07) is 6.76. The third-order valence-corrected chi connectivity index (χ3v) is 3.12. The summed E-state index contributed by atoms with van der Waals surface area (Å²) in [5, 5.41) is 11.7. The van der Waals surface area contributed by atoms with Gasteiger partial charge in [0.15, 0.2) is 5.84 Å². The number of nitrogens with two attached hydrogens (primary N) is 1. The van der Waals surface area contributed by atoms with Crippen LogP contribution in [0.1, 0.15) is 52.7 Å². The number of hydrogen-bond acceptors (Lipinski definition) is 6. The number of amidine groups is 1. The van der Waals surface area contributed by atoms with E-state index in [2.05, 4.69) is 5.16 Å². The van der Waals surface area contributed by atoms with Gasteiger partial charge in [0.05, 0.1) is 0 Å². The van der Waals surface area contributed by atoms with Crippen molar-refractivity contribution in [2.75, 3.05) is 6.54 Å². The van der Waals surface area contributed by atoms with E-state index in [1.165, 1.54) is 4.90 Å². The van der Waals surface area contributed by atoms with Crippen LogP contribution in [-0.2, 0) is 20.8 Å². The molecule has 0 unspecified atom stereocenters. The molecule has 0 aliphatic rings. The Kier molecular flexibility index (Phi) is 7.21. The molecule has 0 aromatic heterocycles. The van der Waals surface area contributed by atoms with Crippen molar-refractivity contribution in [3.8, 4) is 0 Å². The van der Waals surface area contributed by atoms with E-state index < -0.39 is 23.3 Å². The van der Waals surface area contributed by atoms with Gasteiger partial charge >= 0.3 is 12.1 Å². The Labute approximate surface area is 159 Å². The first kappa shape index (κ1) is 22.3. The van der Waals surface area contributed by atoms with E-state index in [1.54, 1.807) is 65.8 Å². The Bertz CT molecular complexity index is 685. The number of carbonyl (C=O) groups is 2. The topological polar surface area (TPSA) is 114 Å². The number of ether oxygens (including phenoxy) is 2. The van der Waals surface area contributed by atoms with Gasteiger partial charge < -0.3 is 20.4 Å². The van der Waals surface area contributed by atoms with Gasteiger partial charge in [-0.1, -0.05) is 29.4 Å². The van der Waals surface area contributed by atoms with Gasteiger partial charge in [-0.25, -0.2) is 4.79 Å². The summed E-state index contributed by atoms with van der Waals surface area (Å²) in [4.78, 5) is 26.0. The molecule has 8 nitrogen and oxygen atoms in total.